The maximum absolute atomic E-state index is 12.0. The zero-order valence-corrected chi connectivity index (χ0v) is 18.0. The number of thioether (sulfide) groups is 1. The quantitative estimate of drug-likeness (QED) is 0.233. The Morgan fingerprint density at radius 1 is 1.15 bits per heavy atom. The average molecular weight is 413 g/mol. The number of phosphoric acid groups is 1. The topological polar surface area (TPSA) is 111 Å². The number of nitrogens with one attached hydrogen (secondary N) is 1. The number of unbranched alkanes of at least 4 members (excludes halogenated alkanes) is 5. The minimum atomic E-state index is -4.13. The highest BCUT2D eigenvalue weighted by atomic mass is 32.2. The van der Waals surface area contributed by atoms with Gasteiger partial charge in [0.15, 0.2) is 0 Å². The van der Waals surface area contributed by atoms with Gasteiger partial charge in [0.1, 0.15) is 0 Å². The van der Waals surface area contributed by atoms with Gasteiger partial charge in [-0.2, -0.15) is 11.8 Å². The number of hydrogen-bond acceptors (Lipinski definition) is 6. The molecule has 2 atom stereocenters. The van der Waals surface area contributed by atoms with E-state index < -0.39 is 7.82 Å². The average Bonchev–Trinajstić information content (AvgIpc) is 2.61. The molecule has 7 nitrogen and oxygen atoms in total. The van der Waals surface area contributed by atoms with Crippen molar-refractivity contribution in [2.24, 2.45) is 5.73 Å². The molecular weight excluding hydrogens is 375 g/mol. The fourth-order valence-corrected chi connectivity index (χ4v) is 4.03. The van der Waals surface area contributed by atoms with Crippen LogP contribution in [-0.4, -0.2) is 48.1 Å². The largest absolute Gasteiger partial charge is 0.472 e. The molecule has 0 heterocycles. The third-order valence-corrected chi connectivity index (χ3v) is 5.84. The number of phosphoric ester groups is 1. The van der Waals surface area contributed by atoms with Gasteiger partial charge in [-0.15, -0.1) is 0 Å². The van der Waals surface area contributed by atoms with E-state index >= 15 is 0 Å². The molecule has 0 spiro atoms. The lowest BCUT2D eigenvalue weighted by Crippen LogP contribution is -2.40. The highest BCUT2D eigenvalue weighted by molar-refractivity contribution is 7.99. The normalized spacial score (nSPS) is 14.8. The van der Waals surface area contributed by atoms with Crippen LogP contribution >= 0.6 is 19.6 Å². The second kappa shape index (κ2) is 17.0. The molecule has 0 saturated heterocycles. The van der Waals surface area contributed by atoms with Crippen LogP contribution in [0.25, 0.3) is 0 Å². The number of rotatable bonds is 18. The van der Waals surface area contributed by atoms with Crippen LogP contribution in [-0.2, 0) is 18.4 Å². The van der Waals surface area contributed by atoms with Crippen LogP contribution in [0, 0.1) is 0 Å². The van der Waals surface area contributed by atoms with Gasteiger partial charge in [-0.3, -0.25) is 13.8 Å². The summed E-state index contributed by atoms with van der Waals surface area (Å²) in [6.07, 6.45) is 8.14. The summed E-state index contributed by atoms with van der Waals surface area (Å²) in [6.45, 7) is 4.30. The van der Waals surface area contributed by atoms with Crippen molar-refractivity contribution < 1.29 is 23.3 Å². The van der Waals surface area contributed by atoms with E-state index in [9.17, 15) is 14.3 Å². The Morgan fingerprint density at radius 2 is 1.85 bits per heavy atom. The fourth-order valence-electron chi connectivity index (χ4n) is 2.21. The zero-order chi connectivity index (χ0) is 19.7. The molecule has 9 heteroatoms. The van der Waals surface area contributed by atoms with Gasteiger partial charge in [0.2, 0.25) is 5.91 Å². The first-order valence-electron chi connectivity index (χ1n) is 9.64. The molecule has 0 aliphatic carbocycles. The van der Waals surface area contributed by atoms with E-state index in [4.69, 9.17) is 14.8 Å². The number of carbonyl (C=O) groups is 1. The Balaban J connectivity index is 4.33. The van der Waals surface area contributed by atoms with Crippen molar-refractivity contribution in [1.29, 1.82) is 0 Å². The van der Waals surface area contributed by atoms with Gasteiger partial charge < -0.3 is 15.9 Å². The summed E-state index contributed by atoms with van der Waals surface area (Å²) >= 11 is 1.72. The molecule has 26 heavy (non-hydrogen) atoms. The van der Waals surface area contributed by atoms with E-state index in [-0.39, 0.29) is 31.7 Å². The Hall–Kier alpha value is -0.110. The third kappa shape index (κ3) is 16.1. The summed E-state index contributed by atoms with van der Waals surface area (Å²) in [5.74, 6) is 1.60. The number of hydrogen-bond donors (Lipinski definition) is 3. The van der Waals surface area contributed by atoms with Crippen LogP contribution in [0.15, 0.2) is 0 Å². The van der Waals surface area contributed by atoms with Gasteiger partial charge in [-0.1, -0.05) is 46.0 Å². The summed E-state index contributed by atoms with van der Waals surface area (Å²) in [7, 11) is -4.13. The van der Waals surface area contributed by atoms with Crippen LogP contribution in [0.4, 0.5) is 0 Å². The predicted molar refractivity (Wildman–Crippen MR) is 108 cm³/mol. The van der Waals surface area contributed by atoms with Gasteiger partial charge >= 0.3 is 7.82 Å². The van der Waals surface area contributed by atoms with Gasteiger partial charge in [-0.05, 0) is 18.6 Å². The Labute approximate surface area is 162 Å². The van der Waals surface area contributed by atoms with Crippen molar-refractivity contribution in [1.82, 2.24) is 5.32 Å². The summed E-state index contributed by atoms with van der Waals surface area (Å²) in [5, 5.41) is 2.91. The third-order valence-electron chi connectivity index (χ3n) is 3.64. The van der Waals surface area contributed by atoms with E-state index in [0.717, 1.165) is 31.4 Å². The highest BCUT2D eigenvalue weighted by Crippen LogP contribution is 2.42. The number of nitrogens with two attached hydrogens (primary N) is 1. The predicted octanol–water partition coefficient (Wildman–Crippen LogP) is 3.46. The monoisotopic (exact) mass is 412 g/mol. The van der Waals surface area contributed by atoms with Gasteiger partial charge in [0.25, 0.3) is 0 Å². The number of amides is 1. The molecule has 0 saturated carbocycles. The van der Waals surface area contributed by atoms with Crippen molar-refractivity contribution in [2.75, 3.05) is 31.3 Å². The molecule has 0 aliphatic heterocycles. The summed E-state index contributed by atoms with van der Waals surface area (Å²) < 4.78 is 21.5. The first-order chi connectivity index (χ1) is 12.4. The maximum atomic E-state index is 12.0. The molecule has 1 unspecified atom stereocenters. The van der Waals surface area contributed by atoms with Gasteiger partial charge in [0.05, 0.1) is 19.3 Å². The van der Waals surface area contributed by atoms with Crippen molar-refractivity contribution in [3.63, 3.8) is 0 Å². The summed E-state index contributed by atoms with van der Waals surface area (Å²) in [4.78, 5) is 21.7. The van der Waals surface area contributed by atoms with Crippen LogP contribution in [0.2, 0.25) is 0 Å². The smallest absolute Gasteiger partial charge is 0.350 e. The second-order valence-corrected chi connectivity index (χ2v) is 8.85. The molecule has 0 aromatic carbocycles. The maximum Gasteiger partial charge on any atom is 0.472 e. The van der Waals surface area contributed by atoms with Gasteiger partial charge in [0, 0.05) is 18.7 Å². The molecule has 0 aromatic rings. The van der Waals surface area contributed by atoms with Crippen molar-refractivity contribution in [2.45, 2.75) is 71.3 Å². The number of carbonyl (C=O) groups excluding carboxylic acids is 1. The lowest BCUT2D eigenvalue weighted by atomic mass is 10.2. The van der Waals surface area contributed by atoms with E-state index in [2.05, 4.69) is 19.2 Å². The van der Waals surface area contributed by atoms with Crippen molar-refractivity contribution in [3.8, 4) is 0 Å². The zero-order valence-electron chi connectivity index (χ0n) is 16.3. The van der Waals surface area contributed by atoms with E-state index in [1.807, 2.05) is 0 Å². The Kier molecular flexibility index (Phi) is 16.9. The highest BCUT2D eigenvalue weighted by Gasteiger charge is 2.23. The Bertz CT molecular complexity index is 401. The summed E-state index contributed by atoms with van der Waals surface area (Å²) in [6, 6.07) is -0.317. The van der Waals surface area contributed by atoms with E-state index in [0.29, 0.717) is 12.2 Å². The molecule has 1 amide bonds. The fraction of sp³-hybridized carbons (Fsp3) is 0.941. The first kappa shape index (κ1) is 25.9. The van der Waals surface area contributed by atoms with Gasteiger partial charge in [-0.25, -0.2) is 4.57 Å². The van der Waals surface area contributed by atoms with Crippen molar-refractivity contribution >= 4 is 25.5 Å². The summed E-state index contributed by atoms with van der Waals surface area (Å²) in [5.41, 5.74) is 5.26. The van der Waals surface area contributed by atoms with Crippen LogP contribution < -0.4 is 11.1 Å². The molecule has 0 radical (unpaired) electrons. The van der Waals surface area contributed by atoms with E-state index in [1.54, 1.807) is 11.8 Å². The standard InChI is InChI=1S/C17H37N2O5PS/c1-3-5-7-9-13-26-15-16(19-17(20)10-8-6-4-2)14-24-25(21,22)23-12-11-18/h16H,3-15,18H2,1-2H3,(H,19,20)(H,21,22)/t16-/m0/s1. The second-order valence-electron chi connectivity index (χ2n) is 6.24. The Morgan fingerprint density at radius 3 is 2.50 bits per heavy atom. The van der Waals surface area contributed by atoms with Crippen LogP contribution in [0.5, 0.6) is 0 Å². The molecule has 0 bridgehead atoms. The molecular formula is C17H37N2O5PS. The van der Waals surface area contributed by atoms with E-state index in [1.165, 1.54) is 19.3 Å². The van der Waals surface area contributed by atoms with Crippen LogP contribution in [0.3, 0.4) is 0 Å². The SMILES string of the molecule is CCCCCCSC[C@H](COP(=O)(O)OCCN)NC(=O)CCCCC. The molecule has 0 aromatic heterocycles. The molecule has 0 rings (SSSR count). The minimum Gasteiger partial charge on any atom is -0.350 e. The lowest BCUT2D eigenvalue weighted by molar-refractivity contribution is -0.122. The lowest BCUT2D eigenvalue weighted by Gasteiger charge is -2.20. The minimum absolute atomic E-state index is 0.0470. The van der Waals surface area contributed by atoms with Crippen molar-refractivity contribution in [3.05, 3.63) is 0 Å². The van der Waals surface area contributed by atoms with Crippen LogP contribution in [0.1, 0.15) is 65.2 Å². The molecule has 0 aliphatic rings. The molecule has 156 valence electrons. The molecule has 0 fully saturated rings. The first-order valence-corrected chi connectivity index (χ1v) is 12.3. The molecule has 4 N–H and O–H groups in total.